The molecule has 0 bridgehead atoms. The summed E-state index contributed by atoms with van der Waals surface area (Å²) in [6.45, 7) is 11.2. The van der Waals surface area contributed by atoms with E-state index in [9.17, 15) is 0 Å². The molecule has 21 heavy (non-hydrogen) atoms. The number of nitrogens with zero attached hydrogens (tertiary/aromatic N) is 1. The zero-order chi connectivity index (χ0) is 15.7. The molecular formula is C17H24N2OSi. The van der Waals surface area contributed by atoms with Crippen molar-refractivity contribution >= 4 is 14.0 Å². The van der Waals surface area contributed by atoms with Crippen molar-refractivity contribution in [2.24, 2.45) is 0 Å². The van der Waals surface area contributed by atoms with E-state index in [2.05, 4.69) is 38.8 Å². The number of rotatable bonds is 3. The largest absolute Gasteiger partial charge is 0.542 e. The van der Waals surface area contributed by atoms with Gasteiger partial charge in [-0.1, -0.05) is 32.9 Å². The number of nitrogen functional groups attached to an aromatic ring is 1. The Bertz CT molecular complexity index is 633. The molecule has 0 saturated carbocycles. The lowest BCUT2D eigenvalue weighted by Gasteiger charge is -2.36. The van der Waals surface area contributed by atoms with E-state index >= 15 is 0 Å². The third-order valence-corrected chi connectivity index (χ3v) is 8.44. The van der Waals surface area contributed by atoms with Gasteiger partial charge in [0.1, 0.15) is 11.4 Å². The van der Waals surface area contributed by atoms with Gasteiger partial charge in [-0.25, -0.2) is 0 Å². The lowest BCUT2D eigenvalue weighted by molar-refractivity contribution is 0.492. The Kier molecular flexibility index (Phi) is 4.10. The van der Waals surface area contributed by atoms with E-state index < -0.39 is 8.32 Å². The molecule has 4 heteroatoms. The first kappa shape index (κ1) is 15.6. The number of aromatic nitrogens is 1. The zero-order valence-electron chi connectivity index (χ0n) is 13.5. The quantitative estimate of drug-likeness (QED) is 0.659. The van der Waals surface area contributed by atoms with Crippen molar-refractivity contribution in [2.45, 2.75) is 38.9 Å². The second-order valence-electron chi connectivity index (χ2n) is 6.84. The third kappa shape index (κ3) is 3.45. The van der Waals surface area contributed by atoms with Gasteiger partial charge in [0, 0.05) is 17.4 Å². The van der Waals surface area contributed by atoms with E-state index in [1.165, 1.54) is 0 Å². The predicted molar refractivity (Wildman–Crippen MR) is 91.9 cm³/mol. The number of hydrogen-bond acceptors (Lipinski definition) is 3. The van der Waals surface area contributed by atoms with Crippen molar-refractivity contribution in [3.05, 3.63) is 42.6 Å². The number of nitrogens with two attached hydrogens (primary N) is 1. The summed E-state index contributed by atoms with van der Waals surface area (Å²) in [5.41, 5.74) is 8.46. The molecule has 0 radical (unpaired) electrons. The molecule has 1 aromatic heterocycles. The second-order valence-corrected chi connectivity index (χ2v) is 11.6. The molecule has 0 spiro atoms. The summed E-state index contributed by atoms with van der Waals surface area (Å²) in [5, 5.41) is 0.149. The van der Waals surface area contributed by atoms with Crippen LogP contribution < -0.4 is 10.2 Å². The Morgan fingerprint density at radius 2 is 1.81 bits per heavy atom. The maximum Gasteiger partial charge on any atom is 0.250 e. The highest BCUT2D eigenvalue weighted by molar-refractivity contribution is 6.74. The summed E-state index contributed by atoms with van der Waals surface area (Å²) >= 11 is 0. The molecule has 0 atom stereocenters. The van der Waals surface area contributed by atoms with E-state index in [0.717, 1.165) is 22.7 Å². The van der Waals surface area contributed by atoms with Gasteiger partial charge >= 0.3 is 0 Å². The minimum atomic E-state index is -1.89. The van der Waals surface area contributed by atoms with Gasteiger partial charge in [-0.05, 0) is 42.4 Å². The number of pyridine rings is 1. The van der Waals surface area contributed by atoms with Gasteiger partial charge in [-0.15, -0.1) is 0 Å². The molecule has 0 aliphatic carbocycles. The monoisotopic (exact) mass is 300 g/mol. The van der Waals surface area contributed by atoms with E-state index in [4.69, 9.17) is 10.2 Å². The Hall–Kier alpha value is -1.81. The van der Waals surface area contributed by atoms with Gasteiger partial charge < -0.3 is 10.2 Å². The molecule has 0 fully saturated rings. The second kappa shape index (κ2) is 5.52. The molecule has 0 unspecified atom stereocenters. The van der Waals surface area contributed by atoms with Crippen LogP contribution in [0, 0.1) is 0 Å². The smallest absolute Gasteiger partial charge is 0.250 e. The van der Waals surface area contributed by atoms with E-state index in [-0.39, 0.29) is 5.04 Å². The zero-order valence-corrected chi connectivity index (χ0v) is 14.5. The average Bonchev–Trinajstić information content (AvgIpc) is 2.37. The van der Waals surface area contributed by atoms with Crippen LogP contribution in [-0.4, -0.2) is 13.3 Å². The highest BCUT2D eigenvalue weighted by atomic mass is 28.4. The molecule has 2 aromatic rings. The van der Waals surface area contributed by atoms with Crippen LogP contribution in [0.5, 0.6) is 5.75 Å². The first-order valence-electron chi connectivity index (χ1n) is 7.21. The van der Waals surface area contributed by atoms with Crippen LogP contribution in [0.15, 0.2) is 42.6 Å². The van der Waals surface area contributed by atoms with Gasteiger partial charge in [0.2, 0.25) is 0 Å². The predicted octanol–water partition coefficient (Wildman–Crippen LogP) is 4.71. The van der Waals surface area contributed by atoms with Gasteiger partial charge in [-0.2, -0.15) is 0 Å². The molecule has 0 amide bonds. The van der Waals surface area contributed by atoms with Crippen molar-refractivity contribution in [3.8, 4) is 17.0 Å². The molecule has 112 valence electrons. The summed E-state index contributed by atoms with van der Waals surface area (Å²) in [4.78, 5) is 4.50. The fourth-order valence-corrected chi connectivity index (χ4v) is 2.82. The molecule has 3 nitrogen and oxygen atoms in total. The molecule has 0 aliphatic heterocycles. The topological polar surface area (TPSA) is 48.1 Å². The molecule has 1 aromatic carbocycles. The van der Waals surface area contributed by atoms with Crippen LogP contribution in [0.1, 0.15) is 20.8 Å². The summed E-state index contributed by atoms with van der Waals surface area (Å²) < 4.78 is 6.43. The van der Waals surface area contributed by atoms with Crippen LogP contribution in [0.4, 0.5) is 5.69 Å². The molecule has 2 rings (SSSR count). The summed E-state index contributed by atoms with van der Waals surface area (Å²) in [7, 11) is -1.89. The Morgan fingerprint density at radius 3 is 2.43 bits per heavy atom. The fourth-order valence-electron chi connectivity index (χ4n) is 1.80. The Morgan fingerprint density at radius 1 is 1.10 bits per heavy atom. The summed E-state index contributed by atoms with van der Waals surface area (Å²) in [6, 6.07) is 11.7. The Labute approximate surface area is 128 Å². The average molecular weight is 300 g/mol. The van der Waals surface area contributed by atoms with E-state index in [0.29, 0.717) is 0 Å². The minimum absolute atomic E-state index is 0.149. The maximum absolute atomic E-state index is 6.43. The molecule has 0 aliphatic rings. The Balaban J connectivity index is 2.43. The van der Waals surface area contributed by atoms with E-state index in [1.807, 2.05) is 36.4 Å². The van der Waals surface area contributed by atoms with Gasteiger partial charge in [-0.3, -0.25) is 4.98 Å². The van der Waals surface area contributed by atoms with Crippen molar-refractivity contribution in [2.75, 3.05) is 5.73 Å². The molecule has 0 saturated heterocycles. The lowest BCUT2D eigenvalue weighted by Crippen LogP contribution is -2.44. The van der Waals surface area contributed by atoms with Crippen LogP contribution in [0.25, 0.3) is 11.3 Å². The van der Waals surface area contributed by atoms with Crippen LogP contribution in [-0.2, 0) is 0 Å². The first-order valence-corrected chi connectivity index (χ1v) is 10.1. The van der Waals surface area contributed by atoms with Crippen LogP contribution in [0.2, 0.25) is 18.1 Å². The summed E-state index contributed by atoms with van der Waals surface area (Å²) in [6.07, 6.45) is 1.79. The number of anilines is 1. The van der Waals surface area contributed by atoms with Gasteiger partial charge in [0.15, 0.2) is 0 Å². The van der Waals surface area contributed by atoms with Crippen molar-refractivity contribution in [1.82, 2.24) is 4.98 Å². The number of hydrogen-bond donors (Lipinski definition) is 1. The lowest BCUT2D eigenvalue weighted by atomic mass is 10.1. The molecular weight excluding hydrogens is 276 g/mol. The van der Waals surface area contributed by atoms with Gasteiger partial charge in [0.05, 0.1) is 0 Å². The van der Waals surface area contributed by atoms with Crippen molar-refractivity contribution in [3.63, 3.8) is 0 Å². The standard InChI is InChI=1S/C17H24N2OSi/c1-17(2,3)21(4,5)20-15-10-7-11-19-16(15)13-8-6-9-14(18)12-13/h6-12H,18H2,1-5H3. The molecule has 2 N–H and O–H groups in total. The normalized spacial score (nSPS) is 12.2. The van der Waals surface area contributed by atoms with Gasteiger partial charge in [0.25, 0.3) is 8.32 Å². The highest BCUT2D eigenvalue weighted by Crippen LogP contribution is 2.39. The number of benzene rings is 1. The van der Waals surface area contributed by atoms with E-state index in [1.54, 1.807) is 6.20 Å². The first-order chi connectivity index (χ1) is 9.71. The maximum atomic E-state index is 6.43. The summed E-state index contributed by atoms with van der Waals surface area (Å²) in [5.74, 6) is 0.842. The van der Waals surface area contributed by atoms with Crippen molar-refractivity contribution < 1.29 is 4.43 Å². The van der Waals surface area contributed by atoms with Crippen LogP contribution >= 0.6 is 0 Å². The minimum Gasteiger partial charge on any atom is -0.542 e. The van der Waals surface area contributed by atoms with Crippen LogP contribution in [0.3, 0.4) is 0 Å². The van der Waals surface area contributed by atoms with Crippen molar-refractivity contribution in [1.29, 1.82) is 0 Å². The highest BCUT2D eigenvalue weighted by Gasteiger charge is 2.39. The molecule has 1 heterocycles. The fraction of sp³-hybridized carbons (Fsp3) is 0.353. The third-order valence-electron chi connectivity index (χ3n) is 4.10. The SMILES string of the molecule is CC(C)(C)[Si](C)(C)Oc1cccnc1-c1cccc(N)c1.